The summed E-state index contributed by atoms with van der Waals surface area (Å²) in [6, 6.07) is 14.4. The van der Waals surface area contributed by atoms with Gasteiger partial charge in [-0.2, -0.15) is 0 Å². The van der Waals surface area contributed by atoms with Crippen molar-refractivity contribution in [3.63, 3.8) is 0 Å². The van der Waals surface area contributed by atoms with E-state index in [0.29, 0.717) is 0 Å². The summed E-state index contributed by atoms with van der Waals surface area (Å²) in [5.41, 5.74) is 4.62. The number of hydrogen-bond donors (Lipinski definition) is 1. The highest BCUT2D eigenvalue weighted by molar-refractivity contribution is 6.31. The van der Waals surface area contributed by atoms with E-state index in [1.165, 1.54) is 11.3 Å². The number of halogens is 1. The molecule has 0 heterocycles. The summed E-state index contributed by atoms with van der Waals surface area (Å²) in [6.45, 7) is 0.773. The number of hydrogen-bond acceptors (Lipinski definition) is 3. The highest BCUT2D eigenvalue weighted by Gasteiger charge is 2.05. The summed E-state index contributed by atoms with van der Waals surface area (Å²) in [7, 11) is 8.14. The molecule has 0 atom stereocenters. The van der Waals surface area contributed by atoms with Crippen LogP contribution >= 0.6 is 11.6 Å². The molecule has 4 heteroatoms. The molecule has 0 amide bonds. The van der Waals surface area contributed by atoms with Crippen molar-refractivity contribution in [3.8, 4) is 0 Å². The first kappa shape index (κ1) is 15.5. The fourth-order valence-corrected chi connectivity index (χ4v) is 2.32. The number of anilines is 3. The second kappa shape index (κ2) is 6.72. The molecule has 0 aromatic heterocycles. The van der Waals surface area contributed by atoms with Crippen molar-refractivity contribution in [2.45, 2.75) is 6.54 Å². The Morgan fingerprint density at radius 1 is 0.905 bits per heavy atom. The monoisotopic (exact) mass is 303 g/mol. The number of nitrogens with one attached hydrogen (secondary N) is 1. The van der Waals surface area contributed by atoms with Crippen LogP contribution in [0.25, 0.3) is 0 Å². The summed E-state index contributed by atoms with van der Waals surface area (Å²) in [5.74, 6) is 0. The molecule has 21 heavy (non-hydrogen) atoms. The SMILES string of the molecule is CN(C)c1ccc(CNc2cc(Cl)ccc2N(C)C)cc1. The van der Waals surface area contributed by atoms with Gasteiger partial charge in [0, 0.05) is 45.4 Å². The fraction of sp³-hybridized carbons (Fsp3) is 0.294. The zero-order valence-corrected chi connectivity index (χ0v) is 13.8. The van der Waals surface area contributed by atoms with Gasteiger partial charge in [-0.25, -0.2) is 0 Å². The van der Waals surface area contributed by atoms with Gasteiger partial charge in [0.05, 0.1) is 11.4 Å². The average molecular weight is 304 g/mol. The highest BCUT2D eigenvalue weighted by Crippen LogP contribution is 2.28. The maximum Gasteiger partial charge on any atom is 0.0597 e. The van der Waals surface area contributed by atoms with Crippen LogP contribution in [0.15, 0.2) is 42.5 Å². The maximum absolute atomic E-state index is 6.09. The zero-order chi connectivity index (χ0) is 15.4. The first-order chi connectivity index (χ1) is 9.97. The van der Waals surface area contributed by atoms with Gasteiger partial charge in [0.25, 0.3) is 0 Å². The van der Waals surface area contributed by atoms with Crippen LogP contribution in [0.5, 0.6) is 0 Å². The van der Waals surface area contributed by atoms with Crippen molar-refractivity contribution in [3.05, 3.63) is 53.1 Å². The molecule has 0 saturated heterocycles. The van der Waals surface area contributed by atoms with E-state index >= 15 is 0 Å². The molecule has 2 rings (SSSR count). The molecule has 1 N–H and O–H groups in total. The Kier molecular flexibility index (Phi) is 4.97. The minimum Gasteiger partial charge on any atom is -0.379 e. The molecule has 0 bridgehead atoms. The van der Waals surface area contributed by atoms with Crippen LogP contribution < -0.4 is 15.1 Å². The van der Waals surface area contributed by atoms with E-state index < -0.39 is 0 Å². The van der Waals surface area contributed by atoms with E-state index in [9.17, 15) is 0 Å². The smallest absolute Gasteiger partial charge is 0.0597 e. The summed E-state index contributed by atoms with van der Waals surface area (Å²) < 4.78 is 0. The second-order valence-corrected chi connectivity index (χ2v) is 5.91. The minimum absolute atomic E-state index is 0.742. The molecular formula is C17H22ClN3. The number of rotatable bonds is 5. The third-order valence-corrected chi connectivity index (χ3v) is 3.61. The standard InChI is InChI=1S/C17H22ClN3/c1-20(2)15-8-5-13(6-9-15)12-19-16-11-14(18)7-10-17(16)21(3)4/h5-11,19H,12H2,1-4H3. The molecule has 0 aliphatic rings. The predicted octanol–water partition coefficient (Wildman–Crippen LogP) is 4.08. The summed E-state index contributed by atoms with van der Waals surface area (Å²) in [4.78, 5) is 4.17. The normalized spacial score (nSPS) is 10.3. The highest BCUT2D eigenvalue weighted by atomic mass is 35.5. The van der Waals surface area contributed by atoms with Gasteiger partial charge >= 0.3 is 0 Å². The van der Waals surface area contributed by atoms with E-state index in [2.05, 4.69) is 39.4 Å². The third kappa shape index (κ3) is 4.05. The van der Waals surface area contributed by atoms with Crippen molar-refractivity contribution >= 4 is 28.7 Å². The van der Waals surface area contributed by atoms with E-state index in [0.717, 1.165) is 22.9 Å². The van der Waals surface area contributed by atoms with Crippen molar-refractivity contribution in [1.82, 2.24) is 0 Å². The number of benzene rings is 2. The Morgan fingerprint density at radius 2 is 1.57 bits per heavy atom. The lowest BCUT2D eigenvalue weighted by Gasteiger charge is -2.19. The Morgan fingerprint density at radius 3 is 2.14 bits per heavy atom. The number of nitrogens with zero attached hydrogens (tertiary/aromatic N) is 2. The predicted molar refractivity (Wildman–Crippen MR) is 93.9 cm³/mol. The van der Waals surface area contributed by atoms with Crippen LogP contribution in [0.2, 0.25) is 5.02 Å². The molecular weight excluding hydrogens is 282 g/mol. The lowest BCUT2D eigenvalue weighted by molar-refractivity contribution is 1.09. The minimum atomic E-state index is 0.742. The van der Waals surface area contributed by atoms with Gasteiger partial charge in [0.1, 0.15) is 0 Å². The van der Waals surface area contributed by atoms with Crippen LogP contribution in [0.1, 0.15) is 5.56 Å². The van der Waals surface area contributed by atoms with Crippen LogP contribution in [0.3, 0.4) is 0 Å². The Balaban J connectivity index is 2.10. The van der Waals surface area contributed by atoms with Gasteiger partial charge in [-0.05, 0) is 35.9 Å². The molecule has 3 nitrogen and oxygen atoms in total. The molecule has 0 fully saturated rings. The fourth-order valence-electron chi connectivity index (χ4n) is 2.15. The third-order valence-electron chi connectivity index (χ3n) is 3.38. The largest absolute Gasteiger partial charge is 0.379 e. The molecule has 0 unspecified atom stereocenters. The van der Waals surface area contributed by atoms with E-state index in [1.54, 1.807) is 0 Å². The molecule has 0 aliphatic heterocycles. The average Bonchev–Trinajstić information content (AvgIpc) is 2.45. The topological polar surface area (TPSA) is 18.5 Å². The van der Waals surface area contributed by atoms with Gasteiger partial charge in [0.2, 0.25) is 0 Å². The summed E-state index contributed by atoms with van der Waals surface area (Å²) in [5, 5.41) is 4.20. The van der Waals surface area contributed by atoms with Crippen molar-refractivity contribution < 1.29 is 0 Å². The quantitative estimate of drug-likeness (QED) is 0.898. The molecule has 112 valence electrons. The first-order valence-corrected chi connectivity index (χ1v) is 7.32. The molecule has 0 saturated carbocycles. The Labute approximate surface area is 132 Å². The van der Waals surface area contributed by atoms with Gasteiger partial charge < -0.3 is 15.1 Å². The van der Waals surface area contributed by atoms with Crippen LogP contribution in [-0.4, -0.2) is 28.2 Å². The molecule has 0 radical (unpaired) electrons. The Hall–Kier alpha value is -1.87. The molecule has 0 aliphatic carbocycles. The van der Waals surface area contributed by atoms with Crippen LogP contribution in [0, 0.1) is 0 Å². The summed E-state index contributed by atoms with van der Waals surface area (Å²) in [6.07, 6.45) is 0. The molecule has 0 spiro atoms. The zero-order valence-electron chi connectivity index (χ0n) is 13.0. The summed E-state index contributed by atoms with van der Waals surface area (Å²) >= 11 is 6.09. The first-order valence-electron chi connectivity index (χ1n) is 6.94. The van der Waals surface area contributed by atoms with Gasteiger partial charge in [-0.1, -0.05) is 23.7 Å². The van der Waals surface area contributed by atoms with E-state index in [1.807, 2.05) is 46.4 Å². The van der Waals surface area contributed by atoms with Crippen molar-refractivity contribution in [2.75, 3.05) is 43.3 Å². The lowest BCUT2D eigenvalue weighted by atomic mass is 10.2. The second-order valence-electron chi connectivity index (χ2n) is 5.47. The van der Waals surface area contributed by atoms with Crippen LogP contribution in [0.4, 0.5) is 17.1 Å². The van der Waals surface area contributed by atoms with Gasteiger partial charge in [-0.3, -0.25) is 0 Å². The van der Waals surface area contributed by atoms with E-state index in [4.69, 9.17) is 11.6 Å². The lowest BCUT2D eigenvalue weighted by Crippen LogP contribution is -2.12. The maximum atomic E-state index is 6.09. The van der Waals surface area contributed by atoms with Crippen molar-refractivity contribution in [2.24, 2.45) is 0 Å². The Bertz CT molecular complexity index is 591. The van der Waals surface area contributed by atoms with Crippen molar-refractivity contribution in [1.29, 1.82) is 0 Å². The van der Waals surface area contributed by atoms with Gasteiger partial charge in [0.15, 0.2) is 0 Å². The molecule has 2 aromatic carbocycles. The molecule has 2 aromatic rings. The van der Waals surface area contributed by atoms with E-state index in [-0.39, 0.29) is 0 Å². The van der Waals surface area contributed by atoms with Gasteiger partial charge in [-0.15, -0.1) is 0 Å². The van der Waals surface area contributed by atoms with Crippen LogP contribution in [-0.2, 0) is 6.54 Å².